The molecule has 29 heavy (non-hydrogen) atoms. The van der Waals surface area contributed by atoms with E-state index in [1.165, 1.54) is 6.07 Å². The van der Waals surface area contributed by atoms with Crippen LogP contribution in [0.4, 0.5) is 17.6 Å². The molecule has 2 nitrogen and oxygen atoms in total. The molecule has 5 rings (SSSR count). The van der Waals surface area contributed by atoms with Crippen LogP contribution in [0.2, 0.25) is 0 Å². The largest absolute Gasteiger partial charge is 0.435 e. The fourth-order valence-corrected chi connectivity index (χ4v) is 4.40. The van der Waals surface area contributed by atoms with Gasteiger partial charge in [-0.05, 0) is 55.0 Å². The van der Waals surface area contributed by atoms with Crippen LogP contribution in [0.3, 0.4) is 0 Å². The molecule has 3 aromatic rings. The molecule has 2 saturated carbocycles. The van der Waals surface area contributed by atoms with Gasteiger partial charge in [0, 0.05) is 17.0 Å². The fourth-order valence-electron chi connectivity index (χ4n) is 4.40. The van der Waals surface area contributed by atoms with Crippen molar-refractivity contribution in [2.45, 2.75) is 49.6 Å². The molecule has 0 amide bonds. The molecule has 0 radical (unpaired) electrons. The number of hydrogen-bond acceptors (Lipinski definition) is 1. The smallest absolute Gasteiger partial charge is 0.234 e. The van der Waals surface area contributed by atoms with E-state index in [2.05, 4.69) is 17.2 Å². The quantitative estimate of drug-likeness (QED) is 0.465. The van der Waals surface area contributed by atoms with Gasteiger partial charge in [0.05, 0.1) is 0 Å². The Morgan fingerprint density at radius 1 is 0.931 bits per heavy atom. The van der Waals surface area contributed by atoms with E-state index >= 15 is 4.39 Å². The lowest BCUT2D eigenvalue weighted by molar-refractivity contribution is -0.141. The summed E-state index contributed by atoms with van der Waals surface area (Å²) in [6.07, 6.45) is -0.00134. The normalized spacial score (nSPS) is 18.5. The molecule has 2 aliphatic carbocycles. The Labute approximate surface area is 166 Å². The third-order valence-electron chi connectivity index (χ3n) is 6.28. The van der Waals surface area contributed by atoms with Crippen molar-refractivity contribution >= 4 is 0 Å². The molecule has 1 heterocycles. The first-order valence-corrected chi connectivity index (χ1v) is 9.92. The van der Waals surface area contributed by atoms with E-state index in [1.807, 2.05) is 24.3 Å². The summed E-state index contributed by atoms with van der Waals surface area (Å²) in [5.41, 5.74) is 1.34. The zero-order valence-electron chi connectivity index (χ0n) is 15.7. The molecular formula is C23H20F4N2. The van der Waals surface area contributed by atoms with Crippen molar-refractivity contribution in [3.8, 4) is 5.69 Å². The average Bonchev–Trinajstić information content (AvgIpc) is 3.39. The van der Waals surface area contributed by atoms with Crippen LogP contribution in [-0.2, 0) is 11.6 Å². The van der Waals surface area contributed by atoms with Crippen molar-refractivity contribution in [2.75, 3.05) is 0 Å². The molecule has 150 valence electrons. The molecule has 0 N–H and O–H groups in total. The molecule has 0 aliphatic heterocycles. The number of benzene rings is 2. The van der Waals surface area contributed by atoms with E-state index in [0.29, 0.717) is 5.69 Å². The molecule has 2 aliphatic rings. The molecular weight excluding hydrogens is 380 g/mol. The molecule has 0 spiro atoms. The Kier molecular flexibility index (Phi) is 4.09. The summed E-state index contributed by atoms with van der Waals surface area (Å²) in [6, 6.07) is 16.0. The van der Waals surface area contributed by atoms with Crippen LogP contribution in [0.5, 0.6) is 0 Å². The Bertz CT molecular complexity index is 1040. The zero-order chi connectivity index (χ0) is 20.2. The lowest BCUT2D eigenvalue weighted by atomic mass is 9.60. The van der Waals surface area contributed by atoms with Gasteiger partial charge in [-0.2, -0.15) is 18.3 Å². The van der Waals surface area contributed by atoms with Crippen LogP contribution in [-0.4, -0.2) is 9.78 Å². The maximum absolute atomic E-state index is 15.2. The third-order valence-corrected chi connectivity index (χ3v) is 6.28. The molecule has 2 fully saturated rings. The summed E-state index contributed by atoms with van der Waals surface area (Å²) < 4.78 is 55.8. The first-order valence-electron chi connectivity index (χ1n) is 9.92. The lowest BCUT2D eigenvalue weighted by Gasteiger charge is -2.43. The topological polar surface area (TPSA) is 17.8 Å². The van der Waals surface area contributed by atoms with Crippen LogP contribution < -0.4 is 0 Å². The molecule has 0 atom stereocenters. The molecule has 0 unspecified atom stereocenters. The summed E-state index contributed by atoms with van der Waals surface area (Å²) in [5.74, 6) is -0.525. The highest BCUT2D eigenvalue weighted by Crippen LogP contribution is 2.49. The minimum Gasteiger partial charge on any atom is -0.234 e. The maximum Gasteiger partial charge on any atom is 0.435 e. The van der Waals surface area contributed by atoms with Crippen LogP contribution in [0, 0.1) is 5.82 Å². The van der Waals surface area contributed by atoms with E-state index in [1.54, 1.807) is 6.07 Å². The summed E-state index contributed by atoms with van der Waals surface area (Å²) in [7, 11) is 0. The number of hydrogen-bond donors (Lipinski definition) is 0. The number of aromatic nitrogens is 2. The zero-order valence-corrected chi connectivity index (χ0v) is 15.7. The first kappa shape index (κ1) is 18.4. The Morgan fingerprint density at radius 3 is 2.21 bits per heavy atom. The van der Waals surface area contributed by atoms with Gasteiger partial charge in [-0.15, -0.1) is 0 Å². The Hall–Kier alpha value is -2.63. The van der Waals surface area contributed by atoms with E-state index < -0.39 is 17.7 Å². The van der Waals surface area contributed by atoms with Gasteiger partial charge in [0.2, 0.25) is 0 Å². The van der Waals surface area contributed by atoms with Gasteiger partial charge >= 0.3 is 6.18 Å². The summed E-state index contributed by atoms with van der Waals surface area (Å²) in [6.45, 7) is 0. The monoisotopic (exact) mass is 400 g/mol. The van der Waals surface area contributed by atoms with Crippen molar-refractivity contribution < 1.29 is 17.6 Å². The Balaban J connectivity index is 1.57. The second kappa shape index (κ2) is 6.44. The van der Waals surface area contributed by atoms with Crippen molar-refractivity contribution in [3.63, 3.8) is 0 Å². The standard InChI is InChI=1S/C23H20F4N2/c24-18-13-17(22(11-4-12-22)16-5-2-1-3-6-16)9-10-19(18)29-20(15-7-8-15)14-21(28-29)23(25,26)27/h1-3,5-6,9-10,13-15H,4,7-8,11-12H2. The molecule has 6 heteroatoms. The van der Waals surface area contributed by atoms with Crippen molar-refractivity contribution in [1.82, 2.24) is 9.78 Å². The first-order chi connectivity index (χ1) is 13.9. The lowest BCUT2D eigenvalue weighted by Crippen LogP contribution is -2.35. The number of nitrogens with zero attached hydrogens (tertiary/aromatic N) is 2. The Morgan fingerprint density at radius 2 is 1.66 bits per heavy atom. The highest BCUT2D eigenvalue weighted by molar-refractivity contribution is 5.47. The van der Waals surface area contributed by atoms with Crippen LogP contribution in [0.1, 0.15) is 60.5 Å². The molecule has 0 bridgehead atoms. The van der Waals surface area contributed by atoms with Gasteiger partial charge in [0.15, 0.2) is 5.69 Å². The molecule has 1 aromatic heterocycles. The van der Waals surface area contributed by atoms with E-state index in [4.69, 9.17) is 0 Å². The van der Waals surface area contributed by atoms with Gasteiger partial charge in [-0.3, -0.25) is 0 Å². The van der Waals surface area contributed by atoms with Crippen LogP contribution >= 0.6 is 0 Å². The summed E-state index contributed by atoms with van der Waals surface area (Å²) in [5, 5.41) is 3.71. The molecule has 0 saturated heterocycles. The fraction of sp³-hybridized carbons (Fsp3) is 0.348. The average molecular weight is 400 g/mol. The minimum atomic E-state index is -4.55. The number of rotatable bonds is 4. The van der Waals surface area contributed by atoms with Gasteiger partial charge in [0.1, 0.15) is 11.5 Å². The van der Waals surface area contributed by atoms with Gasteiger partial charge in [-0.1, -0.05) is 42.8 Å². The van der Waals surface area contributed by atoms with E-state index in [-0.39, 0.29) is 17.0 Å². The van der Waals surface area contributed by atoms with Gasteiger partial charge in [-0.25, -0.2) is 9.07 Å². The van der Waals surface area contributed by atoms with E-state index in [9.17, 15) is 13.2 Å². The van der Waals surface area contributed by atoms with Crippen LogP contribution in [0.15, 0.2) is 54.6 Å². The van der Waals surface area contributed by atoms with Gasteiger partial charge in [0.25, 0.3) is 0 Å². The SMILES string of the molecule is Fc1cc(C2(c3ccccc3)CCC2)ccc1-n1nc(C(F)(F)F)cc1C1CC1. The van der Waals surface area contributed by atoms with Gasteiger partial charge < -0.3 is 0 Å². The second-order valence-electron chi connectivity index (χ2n) is 8.11. The van der Waals surface area contributed by atoms with Crippen molar-refractivity contribution in [3.05, 3.63) is 82.9 Å². The third kappa shape index (κ3) is 3.05. The highest BCUT2D eigenvalue weighted by atomic mass is 19.4. The summed E-state index contributed by atoms with van der Waals surface area (Å²) in [4.78, 5) is 0. The maximum atomic E-state index is 15.2. The minimum absolute atomic E-state index is 0.0139. The number of halogens is 4. The van der Waals surface area contributed by atoms with Crippen molar-refractivity contribution in [1.29, 1.82) is 0 Å². The number of alkyl halides is 3. The highest BCUT2D eigenvalue weighted by Gasteiger charge is 2.41. The summed E-state index contributed by atoms with van der Waals surface area (Å²) >= 11 is 0. The predicted octanol–water partition coefficient (Wildman–Crippen LogP) is 6.38. The van der Waals surface area contributed by atoms with Crippen molar-refractivity contribution in [2.24, 2.45) is 0 Å². The second-order valence-corrected chi connectivity index (χ2v) is 8.11. The van der Waals surface area contributed by atoms with E-state index in [0.717, 1.165) is 54.0 Å². The molecule has 2 aromatic carbocycles. The van der Waals surface area contributed by atoms with Crippen LogP contribution in [0.25, 0.3) is 5.69 Å². The predicted molar refractivity (Wildman–Crippen MR) is 102 cm³/mol.